The van der Waals surface area contributed by atoms with Gasteiger partial charge >= 0.3 is 0 Å². The third kappa shape index (κ3) is 5.21. The molecule has 0 saturated carbocycles. The Morgan fingerprint density at radius 1 is 0.842 bits per heavy atom. The molecule has 5 aromatic carbocycles. The standard InChI is InChI=1S/C30H25N3O4S/c1-2-37-23-15-17-24(18-16-23)38(35,36)33-29-14-8-7-13-27(29)30(34)32-31-20-28-25-11-5-3-9-21(25)19-22-10-4-6-12-26(22)28/h3-20,33H,2H2,1H3,(H,32,34)/b31-20-. The van der Waals surface area contributed by atoms with E-state index >= 15 is 0 Å². The fourth-order valence-corrected chi connectivity index (χ4v) is 5.34. The van der Waals surface area contributed by atoms with Crippen molar-refractivity contribution in [1.29, 1.82) is 0 Å². The summed E-state index contributed by atoms with van der Waals surface area (Å²) in [5.74, 6) is 0.0267. The van der Waals surface area contributed by atoms with Crippen molar-refractivity contribution in [1.82, 2.24) is 5.43 Å². The largest absolute Gasteiger partial charge is 0.494 e. The van der Waals surface area contributed by atoms with Gasteiger partial charge in [-0.25, -0.2) is 13.8 Å². The number of fused-ring (bicyclic) bond motifs is 2. The molecule has 5 aromatic rings. The Bertz CT molecular complexity index is 1710. The Labute approximate surface area is 220 Å². The molecule has 0 bridgehead atoms. The van der Waals surface area contributed by atoms with Gasteiger partial charge in [-0.2, -0.15) is 5.10 Å². The van der Waals surface area contributed by atoms with Gasteiger partial charge in [0.1, 0.15) is 5.75 Å². The number of carbonyl (C=O) groups excluding carboxylic acids is 1. The van der Waals surface area contributed by atoms with Crippen molar-refractivity contribution in [3.63, 3.8) is 0 Å². The van der Waals surface area contributed by atoms with Gasteiger partial charge in [-0.3, -0.25) is 9.52 Å². The van der Waals surface area contributed by atoms with E-state index in [1.54, 1.807) is 30.5 Å². The number of benzene rings is 5. The van der Waals surface area contributed by atoms with Crippen LogP contribution in [0.4, 0.5) is 5.69 Å². The maximum Gasteiger partial charge on any atom is 0.273 e. The highest BCUT2D eigenvalue weighted by atomic mass is 32.2. The minimum absolute atomic E-state index is 0.0528. The smallest absolute Gasteiger partial charge is 0.273 e. The van der Waals surface area contributed by atoms with Gasteiger partial charge in [0.25, 0.3) is 15.9 Å². The van der Waals surface area contributed by atoms with E-state index in [9.17, 15) is 13.2 Å². The van der Waals surface area contributed by atoms with Crippen LogP contribution >= 0.6 is 0 Å². The van der Waals surface area contributed by atoms with Crippen molar-refractivity contribution >= 4 is 49.4 Å². The minimum atomic E-state index is -3.94. The first-order valence-corrected chi connectivity index (χ1v) is 13.5. The molecular weight excluding hydrogens is 498 g/mol. The zero-order valence-corrected chi connectivity index (χ0v) is 21.4. The maximum absolute atomic E-state index is 13.0. The predicted octanol–water partition coefficient (Wildman–Crippen LogP) is 5.96. The number of ether oxygens (including phenoxy) is 1. The number of nitrogens with one attached hydrogen (secondary N) is 2. The van der Waals surface area contributed by atoms with Gasteiger partial charge in [0.15, 0.2) is 0 Å². The van der Waals surface area contributed by atoms with Gasteiger partial charge in [-0.15, -0.1) is 0 Å². The molecule has 0 aliphatic carbocycles. The first-order valence-electron chi connectivity index (χ1n) is 12.0. The van der Waals surface area contributed by atoms with E-state index in [0.29, 0.717) is 12.4 Å². The molecule has 0 spiro atoms. The van der Waals surface area contributed by atoms with Crippen molar-refractivity contribution in [3.05, 3.63) is 114 Å². The highest BCUT2D eigenvalue weighted by Crippen LogP contribution is 2.27. The summed E-state index contributed by atoms with van der Waals surface area (Å²) in [6.07, 6.45) is 1.62. The molecule has 0 saturated heterocycles. The Morgan fingerprint density at radius 3 is 2.11 bits per heavy atom. The quantitative estimate of drug-likeness (QED) is 0.149. The van der Waals surface area contributed by atoms with Crippen LogP contribution < -0.4 is 14.9 Å². The molecule has 7 nitrogen and oxygen atoms in total. The molecule has 8 heteroatoms. The molecule has 0 heterocycles. The summed E-state index contributed by atoms with van der Waals surface area (Å²) in [6.45, 7) is 2.33. The normalized spacial score (nSPS) is 11.6. The number of nitrogens with zero attached hydrogens (tertiary/aromatic N) is 1. The van der Waals surface area contributed by atoms with E-state index in [1.807, 2.05) is 55.5 Å². The average Bonchev–Trinajstić information content (AvgIpc) is 2.93. The lowest BCUT2D eigenvalue weighted by molar-refractivity contribution is 0.0956. The zero-order chi connectivity index (χ0) is 26.5. The van der Waals surface area contributed by atoms with Crippen LogP contribution in [-0.2, 0) is 10.0 Å². The summed E-state index contributed by atoms with van der Waals surface area (Å²) in [7, 11) is -3.94. The summed E-state index contributed by atoms with van der Waals surface area (Å²) in [5, 5.41) is 8.37. The molecular formula is C30H25N3O4S. The molecule has 38 heavy (non-hydrogen) atoms. The van der Waals surface area contributed by atoms with Crippen molar-refractivity contribution in [2.24, 2.45) is 5.10 Å². The molecule has 0 radical (unpaired) electrons. The third-order valence-corrected chi connectivity index (χ3v) is 7.42. The third-order valence-electron chi connectivity index (χ3n) is 6.03. The summed E-state index contributed by atoms with van der Waals surface area (Å²) in [4.78, 5) is 13.1. The Kier molecular flexibility index (Phi) is 7.06. The zero-order valence-electron chi connectivity index (χ0n) is 20.6. The van der Waals surface area contributed by atoms with Gasteiger partial charge < -0.3 is 4.74 Å². The molecule has 0 aromatic heterocycles. The van der Waals surface area contributed by atoms with E-state index in [-0.39, 0.29) is 16.1 Å². The molecule has 0 aliphatic rings. The molecule has 0 fully saturated rings. The summed E-state index contributed by atoms with van der Waals surface area (Å²) < 4.78 is 33.8. The maximum atomic E-state index is 13.0. The van der Waals surface area contributed by atoms with Crippen LogP contribution in [0, 0.1) is 0 Å². The van der Waals surface area contributed by atoms with Crippen LogP contribution in [-0.4, -0.2) is 27.1 Å². The first kappa shape index (κ1) is 25.0. The van der Waals surface area contributed by atoms with Gasteiger partial charge in [0, 0.05) is 5.56 Å². The number of hydrogen-bond acceptors (Lipinski definition) is 5. The lowest BCUT2D eigenvalue weighted by Crippen LogP contribution is -2.21. The lowest BCUT2D eigenvalue weighted by Gasteiger charge is -2.12. The number of hydrogen-bond donors (Lipinski definition) is 2. The number of para-hydroxylation sites is 1. The van der Waals surface area contributed by atoms with Gasteiger partial charge in [-0.1, -0.05) is 60.7 Å². The van der Waals surface area contributed by atoms with E-state index in [1.165, 1.54) is 24.3 Å². The van der Waals surface area contributed by atoms with Gasteiger partial charge in [0.05, 0.1) is 29.0 Å². The van der Waals surface area contributed by atoms with Crippen LogP contribution in [0.25, 0.3) is 21.5 Å². The summed E-state index contributed by atoms with van der Waals surface area (Å²) in [5.41, 5.74) is 3.71. The number of hydrazone groups is 1. The molecule has 1 amide bonds. The van der Waals surface area contributed by atoms with Crippen LogP contribution in [0.5, 0.6) is 5.75 Å². The summed E-state index contributed by atoms with van der Waals surface area (Å²) >= 11 is 0. The minimum Gasteiger partial charge on any atom is -0.494 e. The second-order valence-electron chi connectivity index (χ2n) is 8.49. The number of rotatable bonds is 8. The van der Waals surface area contributed by atoms with E-state index in [0.717, 1.165) is 27.1 Å². The van der Waals surface area contributed by atoms with Crippen LogP contribution in [0.1, 0.15) is 22.8 Å². The Hall–Kier alpha value is -4.69. The van der Waals surface area contributed by atoms with Crippen LogP contribution in [0.2, 0.25) is 0 Å². The van der Waals surface area contributed by atoms with Crippen LogP contribution in [0.3, 0.4) is 0 Å². The Balaban J connectivity index is 1.39. The Morgan fingerprint density at radius 2 is 1.45 bits per heavy atom. The fraction of sp³-hybridized carbons (Fsp3) is 0.0667. The van der Waals surface area contributed by atoms with Crippen molar-refractivity contribution < 1.29 is 17.9 Å². The molecule has 2 N–H and O–H groups in total. The lowest BCUT2D eigenvalue weighted by atomic mass is 9.97. The van der Waals surface area contributed by atoms with E-state index in [4.69, 9.17) is 4.74 Å². The average molecular weight is 524 g/mol. The van der Waals surface area contributed by atoms with Crippen LogP contribution in [0.15, 0.2) is 113 Å². The topological polar surface area (TPSA) is 96.9 Å². The molecule has 0 aliphatic heterocycles. The second-order valence-corrected chi connectivity index (χ2v) is 10.2. The molecule has 190 valence electrons. The molecule has 0 unspecified atom stereocenters. The number of amides is 1. The summed E-state index contributed by atoms with van der Waals surface area (Å²) in [6, 6.07) is 30.5. The van der Waals surface area contributed by atoms with Gasteiger partial charge in [0.2, 0.25) is 0 Å². The van der Waals surface area contributed by atoms with Crippen molar-refractivity contribution in [3.8, 4) is 5.75 Å². The number of sulfonamides is 1. The monoisotopic (exact) mass is 523 g/mol. The molecule has 5 rings (SSSR count). The second kappa shape index (κ2) is 10.7. The SMILES string of the molecule is CCOc1ccc(S(=O)(=O)Nc2ccccc2C(=O)N/N=C\c2c3ccccc3cc3ccccc23)cc1. The number of carbonyl (C=O) groups is 1. The number of anilines is 1. The fourth-order valence-electron chi connectivity index (χ4n) is 4.26. The molecule has 0 atom stereocenters. The predicted molar refractivity (Wildman–Crippen MR) is 151 cm³/mol. The highest BCUT2D eigenvalue weighted by molar-refractivity contribution is 7.92. The van der Waals surface area contributed by atoms with Gasteiger partial charge in [-0.05, 0) is 70.9 Å². The van der Waals surface area contributed by atoms with Crippen molar-refractivity contribution in [2.45, 2.75) is 11.8 Å². The first-order chi connectivity index (χ1) is 18.5. The highest BCUT2D eigenvalue weighted by Gasteiger charge is 2.19. The van der Waals surface area contributed by atoms with E-state index < -0.39 is 15.9 Å². The van der Waals surface area contributed by atoms with Crippen molar-refractivity contribution in [2.75, 3.05) is 11.3 Å². The van der Waals surface area contributed by atoms with E-state index in [2.05, 4.69) is 21.3 Å².